The summed E-state index contributed by atoms with van der Waals surface area (Å²) in [5, 5.41) is 14.0. The van der Waals surface area contributed by atoms with Crippen LogP contribution in [0, 0.1) is 0 Å². The van der Waals surface area contributed by atoms with E-state index in [9.17, 15) is 14.7 Å². The van der Waals surface area contributed by atoms with Gasteiger partial charge in [-0.2, -0.15) is 0 Å². The lowest BCUT2D eigenvalue weighted by atomic mass is 9.71. The monoisotopic (exact) mass is 565 g/mol. The van der Waals surface area contributed by atoms with Crippen molar-refractivity contribution < 1.29 is 24.2 Å². The zero-order valence-corrected chi connectivity index (χ0v) is 22.8. The number of esters is 1. The quantitative estimate of drug-likeness (QED) is 0.394. The number of benzene rings is 2. The van der Waals surface area contributed by atoms with Crippen molar-refractivity contribution in [1.82, 2.24) is 5.32 Å². The number of halogens is 1. The molecular formula is C30H32BrNO5. The van der Waals surface area contributed by atoms with E-state index in [1.807, 2.05) is 32.0 Å². The number of dihydropyridines is 1. The molecule has 1 aliphatic heterocycles. The van der Waals surface area contributed by atoms with E-state index >= 15 is 0 Å². The van der Waals surface area contributed by atoms with Gasteiger partial charge in [0.05, 0.1) is 16.7 Å². The summed E-state index contributed by atoms with van der Waals surface area (Å²) in [5.74, 6) is -0.652. The molecule has 0 bridgehead atoms. The van der Waals surface area contributed by atoms with Crippen molar-refractivity contribution in [3.8, 4) is 11.5 Å². The Hall–Kier alpha value is -3.06. The summed E-state index contributed by atoms with van der Waals surface area (Å²) < 4.78 is 12.1. The molecule has 0 unspecified atom stereocenters. The fraction of sp³-hybridized carbons (Fsp3) is 0.400. The van der Waals surface area contributed by atoms with Crippen molar-refractivity contribution in [3.63, 3.8) is 0 Å². The molecule has 0 saturated heterocycles. The molecule has 0 spiro atoms. The van der Waals surface area contributed by atoms with Gasteiger partial charge in [0, 0.05) is 29.3 Å². The van der Waals surface area contributed by atoms with Gasteiger partial charge in [-0.25, -0.2) is 4.79 Å². The van der Waals surface area contributed by atoms with Crippen LogP contribution in [0.2, 0.25) is 0 Å². The number of hydrogen-bond acceptors (Lipinski definition) is 6. The molecule has 194 valence electrons. The van der Waals surface area contributed by atoms with E-state index < -0.39 is 11.9 Å². The van der Waals surface area contributed by atoms with Gasteiger partial charge < -0.3 is 19.9 Å². The van der Waals surface area contributed by atoms with E-state index in [-0.39, 0.29) is 23.6 Å². The van der Waals surface area contributed by atoms with E-state index in [4.69, 9.17) is 9.47 Å². The third-order valence-corrected chi connectivity index (χ3v) is 8.18. The summed E-state index contributed by atoms with van der Waals surface area (Å²) in [6.45, 7) is 4.08. The van der Waals surface area contributed by atoms with Crippen LogP contribution in [0.1, 0.15) is 75.3 Å². The Morgan fingerprint density at radius 1 is 1.11 bits per heavy atom. The molecule has 2 N–H and O–H groups in total. The summed E-state index contributed by atoms with van der Waals surface area (Å²) in [7, 11) is 0. The Labute approximate surface area is 225 Å². The van der Waals surface area contributed by atoms with Crippen LogP contribution in [0.3, 0.4) is 0 Å². The number of aromatic hydroxyl groups is 1. The van der Waals surface area contributed by atoms with E-state index in [0.717, 1.165) is 36.9 Å². The second kappa shape index (κ2) is 10.7. The van der Waals surface area contributed by atoms with Gasteiger partial charge in [-0.05, 0) is 91.1 Å². The first kappa shape index (κ1) is 25.6. The molecule has 2 atom stereocenters. The topological polar surface area (TPSA) is 84.9 Å². The number of hydrogen-bond donors (Lipinski definition) is 2. The Kier molecular flexibility index (Phi) is 7.43. The summed E-state index contributed by atoms with van der Waals surface area (Å²) in [6, 6.07) is 13.6. The normalized spacial score (nSPS) is 22.1. The zero-order valence-electron chi connectivity index (χ0n) is 21.2. The second-order valence-electron chi connectivity index (χ2n) is 10.0. The van der Waals surface area contributed by atoms with Crippen LogP contribution in [0.15, 0.2) is 69.5 Å². The van der Waals surface area contributed by atoms with Crippen molar-refractivity contribution in [3.05, 3.63) is 80.6 Å². The van der Waals surface area contributed by atoms with Crippen molar-refractivity contribution in [1.29, 1.82) is 0 Å². The highest BCUT2D eigenvalue weighted by molar-refractivity contribution is 9.10. The number of allylic oxidation sites excluding steroid dienone is 3. The average Bonchev–Trinajstić information content (AvgIpc) is 3.39. The highest BCUT2D eigenvalue weighted by atomic mass is 79.9. The number of carbonyl (C=O) groups is 2. The lowest BCUT2D eigenvalue weighted by Crippen LogP contribution is -2.36. The molecule has 5 rings (SSSR count). The molecule has 2 aromatic carbocycles. The SMILES string of the molecule is CCOc1cc([C@H]2C(C(=O)OC3CCCC3)=C(C)NC3=C2C(=O)C[C@H](c2ccccc2)C3)cc(Br)c1O. The number of phenolic OH excluding ortho intramolecular Hbond substituents is 1. The van der Waals surface area contributed by atoms with Crippen LogP contribution in [-0.2, 0) is 14.3 Å². The maximum atomic E-state index is 13.8. The molecule has 6 nitrogen and oxygen atoms in total. The zero-order chi connectivity index (χ0) is 26.1. The highest BCUT2D eigenvalue weighted by Crippen LogP contribution is 2.48. The van der Waals surface area contributed by atoms with Crippen LogP contribution in [0.5, 0.6) is 11.5 Å². The van der Waals surface area contributed by atoms with Gasteiger partial charge in [-0.15, -0.1) is 0 Å². The molecule has 1 heterocycles. The Morgan fingerprint density at radius 3 is 2.54 bits per heavy atom. The van der Waals surface area contributed by atoms with Crippen LogP contribution in [-0.4, -0.2) is 29.6 Å². The van der Waals surface area contributed by atoms with E-state index in [1.54, 1.807) is 12.1 Å². The average molecular weight is 566 g/mol. The lowest BCUT2D eigenvalue weighted by Gasteiger charge is -2.37. The molecule has 1 saturated carbocycles. The predicted octanol–water partition coefficient (Wildman–Crippen LogP) is 6.40. The molecule has 37 heavy (non-hydrogen) atoms. The summed E-state index contributed by atoms with van der Waals surface area (Å²) in [5.41, 5.74) is 4.39. The first-order valence-electron chi connectivity index (χ1n) is 13.0. The molecule has 2 aromatic rings. The van der Waals surface area contributed by atoms with Crippen molar-refractivity contribution >= 4 is 27.7 Å². The first-order chi connectivity index (χ1) is 17.9. The van der Waals surface area contributed by atoms with E-state index in [0.29, 0.717) is 52.1 Å². The molecular weight excluding hydrogens is 534 g/mol. The summed E-state index contributed by atoms with van der Waals surface area (Å²) >= 11 is 3.44. The molecule has 7 heteroatoms. The minimum absolute atomic E-state index is 0.00780. The van der Waals surface area contributed by atoms with Crippen LogP contribution in [0.25, 0.3) is 0 Å². The van der Waals surface area contributed by atoms with Gasteiger partial charge in [0.1, 0.15) is 6.10 Å². The van der Waals surface area contributed by atoms with E-state index in [2.05, 4.69) is 33.4 Å². The number of rotatable bonds is 6. The maximum Gasteiger partial charge on any atom is 0.337 e. The Bertz CT molecular complexity index is 1280. The number of Topliss-reactive ketones (excluding diaryl/α,β-unsaturated/α-hetero) is 1. The van der Waals surface area contributed by atoms with Crippen molar-refractivity contribution in [2.24, 2.45) is 0 Å². The smallest absolute Gasteiger partial charge is 0.337 e. The molecule has 0 amide bonds. The predicted molar refractivity (Wildman–Crippen MR) is 144 cm³/mol. The highest BCUT2D eigenvalue weighted by Gasteiger charge is 2.42. The van der Waals surface area contributed by atoms with Gasteiger partial charge in [0.15, 0.2) is 17.3 Å². The Balaban J connectivity index is 1.60. The van der Waals surface area contributed by atoms with E-state index in [1.165, 1.54) is 0 Å². The number of ketones is 1. The largest absolute Gasteiger partial charge is 0.503 e. The minimum Gasteiger partial charge on any atom is -0.503 e. The number of phenols is 1. The second-order valence-corrected chi connectivity index (χ2v) is 10.9. The van der Waals surface area contributed by atoms with Crippen LogP contribution >= 0.6 is 15.9 Å². The molecule has 3 aliphatic rings. The van der Waals surface area contributed by atoms with Crippen LogP contribution < -0.4 is 10.1 Å². The van der Waals surface area contributed by atoms with Crippen molar-refractivity contribution in [2.75, 3.05) is 6.61 Å². The van der Waals surface area contributed by atoms with Gasteiger partial charge in [-0.3, -0.25) is 4.79 Å². The molecule has 2 aliphatic carbocycles. The number of carbonyl (C=O) groups excluding carboxylic acids is 2. The lowest BCUT2D eigenvalue weighted by molar-refractivity contribution is -0.144. The van der Waals surface area contributed by atoms with Gasteiger partial charge >= 0.3 is 5.97 Å². The molecule has 0 radical (unpaired) electrons. The standard InChI is InChI=1S/C30H32BrNO5/c1-3-36-25-16-20(13-22(31)29(25)34)27-26(30(35)37-21-11-7-8-12-21)17(2)32-23-14-19(15-24(33)28(23)27)18-9-5-4-6-10-18/h4-6,9-10,13,16,19,21,27,32,34H,3,7-8,11-12,14-15H2,1-2H3/t19-,27+/m1/s1. The number of nitrogens with one attached hydrogen (secondary N) is 1. The van der Waals surface area contributed by atoms with Crippen molar-refractivity contribution in [2.45, 2.75) is 70.3 Å². The number of ether oxygens (including phenoxy) is 2. The summed E-state index contributed by atoms with van der Waals surface area (Å²) in [4.78, 5) is 27.4. The maximum absolute atomic E-state index is 13.8. The van der Waals surface area contributed by atoms with Gasteiger partial charge in [0.25, 0.3) is 0 Å². The first-order valence-corrected chi connectivity index (χ1v) is 13.8. The van der Waals surface area contributed by atoms with Gasteiger partial charge in [0.2, 0.25) is 0 Å². The fourth-order valence-electron chi connectivity index (χ4n) is 5.85. The molecule has 1 fully saturated rings. The summed E-state index contributed by atoms with van der Waals surface area (Å²) in [6.07, 6.45) is 4.76. The third kappa shape index (κ3) is 5.06. The minimum atomic E-state index is -0.620. The molecule has 0 aromatic heterocycles. The Morgan fingerprint density at radius 2 is 1.84 bits per heavy atom. The van der Waals surface area contributed by atoms with Crippen LogP contribution in [0.4, 0.5) is 0 Å². The fourth-order valence-corrected chi connectivity index (χ4v) is 6.31. The van der Waals surface area contributed by atoms with Gasteiger partial charge in [-0.1, -0.05) is 30.3 Å². The third-order valence-electron chi connectivity index (χ3n) is 7.58.